The summed E-state index contributed by atoms with van der Waals surface area (Å²) in [4.78, 5) is 43.3. The molecule has 3 N–H and O–H groups in total. The molecule has 2 saturated carbocycles. The monoisotopic (exact) mass is 624 g/mol. The molecule has 2 aromatic carbocycles. The summed E-state index contributed by atoms with van der Waals surface area (Å²) in [6.45, 7) is 5.32. The predicted molar refractivity (Wildman–Crippen MR) is 176 cm³/mol. The molecule has 2 aromatic rings. The van der Waals surface area contributed by atoms with Crippen molar-refractivity contribution in [3.05, 3.63) is 60.2 Å². The maximum Gasteiger partial charge on any atom is 0.238 e. The van der Waals surface area contributed by atoms with Gasteiger partial charge < -0.3 is 20.9 Å². The van der Waals surface area contributed by atoms with E-state index in [0.717, 1.165) is 37.3 Å². The third kappa shape index (κ3) is 6.40. The molecule has 0 spiro atoms. The van der Waals surface area contributed by atoms with E-state index in [0.29, 0.717) is 25.6 Å². The minimum absolute atomic E-state index is 0.0233. The van der Waals surface area contributed by atoms with E-state index in [2.05, 4.69) is 57.1 Å². The van der Waals surface area contributed by atoms with Gasteiger partial charge in [0.2, 0.25) is 17.7 Å². The van der Waals surface area contributed by atoms with Crippen LogP contribution in [0.15, 0.2) is 54.6 Å². The molecule has 2 saturated heterocycles. The summed E-state index contributed by atoms with van der Waals surface area (Å²) in [7, 11) is 0. The number of nitriles is 1. The lowest BCUT2D eigenvalue weighted by molar-refractivity contribution is -0.144. The molecular weight excluding hydrogens is 584 g/mol. The summed E-state index contributed by atoms with van der Waals surface area (Å²) in [5, 5.41) is 19.2. The molecule has 0 radical (unpaired) electrons. The zero-order valence-electron chi connectivity index (χ0n) is 25.5. The van der Waals surface area contributed by atoms with Crippen LogP contribution in [0.25, 0.3) is 0 Å². The molecule has 0 bridgehead atoms. The lowest BCUT2D eigenvalue weighted by atomic mass is 9.67. The van der Waals surface area contributed by atoms with Crippen molar-refractivity contribution in [2.24, 2.45) is 23.7 Å². The highest BCUT2D eigenvalue weighted by atomic mass is 32.2. The summed E-state index contributed by atoms with van der Waals surface area (Å²) in [5.41, 5.74) is 3.00. The molecule has 7 unspecified atom stereocenters. The second kappa shape index (κ2) is 13.6. The summed E-state index contributed by atoms with van der Waals surface area (Å²) >= 11 is 1.69. The van der Waals surface area contributed by atoms with Gasteiger partial charge >= 0.3 is 0 Å². The Morgan fingerprint density at radius 3 is 2.53 bits per heavy atom. The average molecular weight is 625 g/mol. The van der Waals surface area contributed by atoms with Crippen molar-refractivity contribution in [3.63, 3.8) is 0 Å². The maximum absolute atomic E-state index is 13.6. The van der Waals surface area contributed by atoms with Crippen molar-refractivity contribution in [1.29, 1.82) is 5.26 Å². The zero-order chi connectivity index (χ0) is 31.5. The number of amides is 3. The van der Waals surface area contributed by atoms with Gasteiger partial charge in [0, 0.05) is 40.9 Å². The first-order valence-electron chi connectivity index (χ1n) is 15.9. The van der Waals surface area contributed by atoms with Crippen molar-refractivity contribution < 1.29 is 14.4 Å². The van der Waals surface area contributed by atoms with Gasteiger partial charge in [0.25, 0.3) is 0 Å². The minimum Gasteiger partial charge on any atom is -0.385 e. The van der Waals surface area contributed by atoms with E-state index < -0.39 is 11.8 Å². The van der Waals surface area contributed by atoms with E-state index in [9.17, 15) is 19.6 Å². The first kappa shape index (κ1) is 31.0. The van der Waals surface area contributed by atoms with E-state index >= 15 is 0 Å². The van der Waals surface area contributed by atoms with Gasteiger partial charge in [-0.2, -0.15) is 17.0 Å². The molecule has 10 heteroatoms. The van der Waals surface area contributed by atoms with Crippen molar-refractivity contribution in [2.75, 3.05) is 49.9 Å². The fourth-order valence-electron chi connectivity index (χ4n) is 7.43. The zero-order valence-corrected chi connectivity index (χ0v) is 26.3. The number of anilines is 2. The van der Waals surface area contributed by atoms with Crippen molar-refractivity contribution in [3.8, 4) is 18.4 Å². The number of thioether (sulfide) groups is 1. The highest BCUT2D eigenvalue weighted by molar-refractivity contribution is 8.01. The summed E-state index contributed by atoms with van der Waals surface area (Å²) in [6, 6.07) is 20.3. The summed E-state index contributed by atoms with van der Waals surface area (Å²) in [6.07, 6.45) is 7.41. The average Bonchev–Trinajstić information content (AvgIpc) is 3.77. The Bertz CT molecular complexity index is 1500. The quantitative estimate of drug-likeness (QED) is 0.347. The SMILES string of the molecule is C#CCNC(=O)C1C(C#N)C2SC3C(CNc4cccc(NC(=O)CN5CCC(c6ccccc6)CC5)c4)C3C(=O)N(CC)C21. The molecule has 3 amide bonds. The van der Waals surface area contributed by atoms with Crippen molar-refractivity contribution in [2.45, 2.75) is 42.2 Å². The van der Waals surface area contributed by atoms with E-state index in [4.69, 9.17) is 6.42 Å². The van der Waals surface area contributed by atoms with E-state index in [1.807, 2.05) is 42.2 Å². The fraction of sp³-hybridized carbons (Fsp3) is 0.486. The Labute approximate surface area is 269 Å². The number of nitrogens with one attached hydrogen (secondary N) is 3. The standard InChI is InChI=1S/C35H40N6O3S/c1-3-15-37-34(43)29-26(19-36)33-31(29)41(4-2)35(44)30-27(32(30)45-33)20-38-24-11-8-12-25(18-24)39-28(42)21-40-16-13-23(14-17-40)22-9-6-5-7-10-22/h1,5-12,18,23,26-27,29-33,38H,4,13-17,20-21H2,2H3,(H,37,43)(H,39,42). The van der Waals surface area contributed by atoms with Crippen molar-refractivity contribution in [1.82, 2.24) is 15.1 Å². The van der Waals surface area contributed by atoms with Crippen LogP contribution in [0.4, 0.5) is 11.4 Å². The van der Waals surface area contributed by atoms with Crippen LogP contribution < -0.4 is 16.0 Å². The molecule has 4 aliphatic rings. The second-order valence-corrected chi connectivity index (χ2v) is 13.8. The summed E-state index contributed by atoms with van der Waals surface area (Å²) in [5.74, 6) is 1.72. The molecule has 7 atom stereocenters. The number of terminal acetylenes is 1. The van der Waals surface area contributed by atoms with Gasteiger partial charge in [0.05, 0.1) is 43.0 Å². The fourth-order valence-corrected chi connectivity index (χ4v) is 9.53. The lowest BCUT2D eigenvalue weighted by Gasteiger charge is -2.51. The van der Waals surface area contributed by atoms with Crippen LogP contribution in [0.3, 0.4) is 0 Å². The van der Waals surface area contributed by atoms with Gasteiger partial charge in [-0.1, -0.05) is 42.3 Å². The molecule has 6 rings (SSSR count). The van der Waals surface area contributed by atoms with E-state index in [1.165, 1.54) is 5.56 Å². The van der Waals surface area contributed by atoms with Crippen LogP contribution in [0.5, 0.6) is 0 Å². The number of carbonyl (C=O) groups is 3. The van der Waals surface area contributed by atoms with Crippen LogP contribution >= 0.6 is 11.8 Å². The molecule has 9 nitrogen and oxygen atoms in total. The van der Waals surface area contributed by atoms with E-state index in [1.54, 1.807) is 11.8 Å². The van der Waals surface area contributed by atoms with Crippen molar-refractivity contribution >= 4 is 40.9 Å². The predicted octanol–water partition coefficient (Wildman–Crippen LogP) is 3.38. The highest BCUT2D eigenvalue weighted by Gasteiger charge is 2.67. The number of carbonyl (C=O) groups excluding carboxylic acids is 3. The van der Waals surface area contributed by atoms with Gasteiger partial charge in [0.15, 0.2) is 0 Å². The van der Waals surface area contributed by atoms with Gasteiger partial charge in [0.1, 0.15) is 0 Å². The first-order valence-corrected chi connectivity index (χ1v) is 16.9. The normalized spacial score (nSPS) is 29.1. The maximum atomic E-state index is 13.6. The Kier molecular flexibility index (Phi) is 9.34. The van der Waals surface area contributed by atoms with Gasteiger partial charge in [-0.05, 0) is 62.5 Å². The van der Waals surface area contributed by atoms with Crippen LogP contribution in [-0.4, -0.2) is 83.3 Å². The Balaban J connectivity index is 1.00. The number of piperidine rings is 1. The molecule has 45 heavy (non-hydrogen) atoms. The number of hydrogen-bond acceptors (Lipinski definition) is 7. The minimum atomic E-state index is -0.558. The molecule has 4 fully saturated rings. The van der Waals surface area contributed by atoms with Crippen LogP contribution in [-0.2, 0) is 14.4 Å². The second-order valence-electron chi connectivity index (χ2n) is 12.4. The Hall–Kier alpha value is -3.99. The number of rotatable bonds is 10. The number of hydrogen-bond donors (Lipinski definition) is 3. The lowest BCUT2D eigenvalue weighted by Crippen LogP contribution is -2.66. The Morgan fingerprint density at radius 1 is 1.07 bits per heavy atom. The molecule has 2 aliphatic heterocycles. The molecule has 2 aliphatic carbocycles. The van der Waals surface area contributed by atoms with Gasteiger partial charge in [-0.25, -0.2) is 0 Å². The van der Waals surface area contributed by atoms with Gasteiger partial charge in [-0.3, -0.25) is 19.3 Å². The largest absolute Gasteiger partial charge is 0.385 e. The first-order chi connectivity index (χ1) is 21.9. The molecule has 0 aromatic heterocycles. The third-order valence-corrected chi connectivity index (χ3v) is 11.7. The van der Waals surface area contributed by atoms with Gasteiger partial charge in [-0.15, -0.1) is 6.42 Å². The van der Waals surface area contributed by atoms with Crippen LogP contribution in [0.1, 0.15) is 31.2 Å². The molecular formula is C35H40N6O3S. The number of nitrogens with zero attached hydrogens (tertiary/aromatic N) is 3. The summed E-state index contributed by atoms with van der Waals surface area (Å²) < 4.78 is 0. The highest BCUT2D eigenvalue weighted by Crippen LogP contribution is 2.60. The van der Waals surface area contributed by atoms with E-state index in [-0.39, 0.29) is 52.6 Å². The Morgan fingerprint density at radius 2 is 1.82 bits per heavy atom. The molecule has 2 heterocycles. The number of fused-ring (bicyclic) bond motifs is 2. The van der Waals surface area contributed by atoms with Crippen LogP contribution in [0.2, 0.25) is 0 Å². The number of benzene rings is 2. The van der Waals surface area contributed by atoms with Crippen LogP contribution in [0, 0.1) is 47.3 Å². The smallest absolute Gasteiger partial charge is 0.238 e. The topological polar surface area (TPSA) is 118 Å². The third-order valence-electron chi connectivity index (χ3n) is 9.86. The molecule has 234 valence electrons. The number of likely N-dealkylation sites (tertiary alicyclic amines) is 1.